The van der Waals surface area contributed by atoms with Gasteiger partial charge in [-0.2, -0.15) is 0 Å². The molecule has 0 saturated heterocycles. The molecular weight excluding hydrogens is 511 g/mol. The number of nitrogens with one attached hydrogen (secondary N) is 1. The second-order valence-electron chi connectivity index (χ2n) is 8.53. The van der Waals surface area contributed by atoms with Gasteiger partial charge in [0, 0.05) is 38.0 Å². The van der Waals surface area contributed by atoms with Gasteiger partial charge in [-0.05, 0) is 67.6 Å². The van der Waals surface area contributed by atoms with Crippen molar-refractivity contribution in [2.45, 2.75) is 32.3 Å². The summed E-state index contributed by atoms with van der Waals surface area (Å²) in [6, 6.07) is 22.6. The number of ether oxygens (including phenoxy) is 1. The van der Waals surface area contributed by atoms with Gasteiger partial charge in [0.2, 0.25) is 0 Å². The number of rotatable bonds is 7. The molecule has 1 heterocycles. The van der Waals surface area contributed by atoms with Gasteiger partial charge in [0.1, 0.15) is 17.4 Å². The van der Waals surface area contributed by atoms with E-state index in [9.17, 15) is 4.79 Å². The lowest BCUT2D eigenvalue weighted by Crippen LogP contribution is -2.14. The van der Waals surface area contributed by atoms with Crippen molar-refractivity contribution in [3.63, 3.8) is 0 Å². The van der Waals surface area contributed by atoms with Crippen LogP contribution in [-0.2, 0) is 19.4 Å². The molecule has 0 fully saturated rings. The molecule has 1 N–H and O–H groups in total. The van der Waals surface area contributed by atoms with E-state index in [4.69, 9.17) is 32.9 Å². The number of aliphatic imine (C=N–C) groups is 1. The number of hydrogen-bond donors (Lipinski definition) is 1. The van der Waals surface area contributed by atoms with Crippen molar-refractivity contribution in [2.75, 3.05) is 5.32 Å². The Morgan fingerprint density at radius 3 is 2.61 bits per heavy atom. The van der Waals surface area contributed by atoms with Gasteiger partial charge < -0.3 is 10.1 Å². The van der Waals surface area contributed by atoms with E-state index >= 15 is 0 Å². The average molecular weight is 535 g/mol. The van der Waals surface area contributed by atoms with Gasteiger partial charge in [-0.25, -0.2) is 4.99 Å². The normalized spacial score (nSPS) is 12.9. The number of anilines is 1. The molecule has 1 aromatic heterocycles. The molecule has 0 radical (unpaired) electrons. The highest BCUT2D eigenvalue weighted by atomic mass is 35.5. The maximum atomic E-state index is 13.3. The standard InChI is InChI=1S/C29H24Cl2N2O2S/c30-21-15-14-20(24(31)16-21)18-35-25-12-6-4-8-19(25)17-32-29-27(23-11-5-7-13-26(23)36-29)28(34)33-22-9-2-1-3-10-22/h1-4,6,8-10,12,14-17H,5,7,11,13,18H2,(H,33,34). The molecule has 0 spiro atoms. The van der Waals surface area contributed by atoms with E-state index in [1.807, 2.05) is 60.7 Å². The molecule has 0 unspecified atom stereocenters. The molecule has 0 aliphatic heterocycles. The fourth-order valence-corrected chi connectivity index (χ4v) is 5.93. The number of amides is 1. The average Bonchev–Trinajstić information content (AvgIpc) is 3.26. The maximum absolute atomic E-state index is 13.3. The number of nitrogens with zero attached hydrogens (tertiary/aromatic N) is 1. The fourth-order valence-electron chi connectivity index (χ4n) is 4.23. The first-order chi connectivity index (χ1) is 17.6. The number of fused-ring (bicyclic) bond motifs is 1. The summed E-state index contributed by atoms with van der Waals surface area (Å²) in [6.45, 7) is 0.304. The molecule has 0 bridgehead atoms. The smallest absolute Gasteiger partial charge is 0.259 e. The second kappa shape index (κ2) is 11.3. The van der Waals surface area contributed by atoms with E-state index in [-0.39, 0.29) is 5.91 Å². The zero-order valence-corrected chi connectivity index (χ0v) is 21.8. The first-order valence-electron chi connectivity index (χ1n) is 11.8. The SMILES string of the molecule is O=C(Nc1ccccc1)c1c(N=Cc2ccccc2OCc2ccc(Cl)cc2Cl)sc2c1CCCC2. The quantitative estimate of drug-likeness (QED) is 0.241. The number of aryl methyl sites for hydroxylation is 1. The van der Waals surface area contributed by atoms with Crippen molar-refractivity contribution in [3.05, 3.63) is 110 Å². The van der Waals surface area contributed by atoms with E-state index in [1.54, 1.807) is 29.7 Å². The van der Waals surface area contributed by atoms with Crippen LogP contribution >= 0.6 is 34.5 Å². The number of halogens is 2. The van der Waals surface area contributed by atoms with Crippen LogP contribution in [0.1, 0.15) is 44.8 Å². The molecule has 36 heavy (non-hydrogen) atoms. The highest BCUT2D eigenvalue weighted by Crippen LogP contribution is 2.40. The number of hydrogen-bond acceptors (Lipinski definition) is 4. The first kappa shape index (κ1) is 24.6. The minimum Gasteiger partial charge on any atom is -0.488 e. The van der Waals surface area contributed by atoms with Crippen LogP contribution in [0, 0.1) is 0 Å². The third-order valence-corrected chi connectivity index (χ3v) is 7.84. The van der Waals surface area contributed by atoms with E-state index in [1.165, 1.54) is 4.88 Å². The molecule has 1 aliphatic rings. The molecule has 4 aromatic rings. The molecule has 3 aromatic carbocycles. The van der Waals surface area contributed by atoms with Crippen molar-refractivity contribution < 1.29 is 9.53 Å². The third-order valence-electron chi connectivity index (χ3n) is 6.05. The summed E-state index contributed by atoms with van der Waals surface area (Å²) in [7, 11) is 0. The molecule has 182 valence electrons. The van der Waals surface area contributed by atoms with Crippen LogP contribution in [0.2, 0.25) is 10.0 Å². The minimum absolute atomic E-state index is 0.116. The Labute approximate surface area is 224 Å². The molecular formula is C29H24Cl2N2O2S. The number of benzene rings is 3. The third kappa shape index (κ3) is 5.65. The summed E-state index contributed by atoms with van der Waals surface area (Å²) < 4.78 is 6.08. The van der Waals surface area contributed by atoms with Gasteiger partial charge in [-0.3, -0.25) is 4.79 Å². The van der Waals surface area contributed by atoms with E-state index in [0.29, 0.717) is 28.0 Å². The zero-order chi connectivity index (χ0) is 24.9. The van der Waals surface area contributed by atoms with Crippen LogP contribution in [0.5, 0.6) is 5.75 Å². The molecule has 0 saturated carbocycles. The van der Waals surface area contributed by atoms with Gasteiger partial charge in [0.15, 0.2) is 0 Å². The Morgan fingerprint density at radius 1 is 1.00 bits per heavy atom. The highest BCUT2D eigenvalue weighted by Gasteiger charge is 2.25. The van der Waals surface area contributed by atoms with Crippen molar-refractivity contribution in [3.8, 4) is 5.75 Å². The summed E-state index contributed by atoms with van der Waals surface area (Å²) >= 11 is 13.9. The molecule has 1 amide bonds. The number of carbonyl (C=O) groups is 1. The van der Waals surface area contributed by atoms with Crippen molar-refractivity contribution >= 4 is 57.3 Å². The Morgan fingerprint density at radius 2 is 1.78 bits per heavy atom. The summed E-state index contributed by atoms with van der Waals surface area (Å²) in [5.41, 5.74) is 4.25. The summed E-state index contributed by atoms with van der Waals surface area (Å²) in [6.07, 6.45) is 5.89. The summed E-state index contributed by atoms with van der Waals surface area (Å²) in [4.78, 5) is 19.4. The molecule has 5 rings (SSSR count). The Hall–Kier alpha value is -3.12. The molecule has 1 aliphatic carbocycles. The van der Waals surface area contributed by atoms with Crippen LogP contribution in [-0.4, -0.2) is 12.1 Å². The predicted octanol–water partition coefficient (Wildman–Crippen LogP) is 8.52. The Bertz CT molecular complexity index is 1420. The molecule has 7 heteroatoms. The van der Waals surface area contributed by atoms with Crippen LogP contribution in [0.15, 0.2) is 77.8 Å². The molecule has 4 nitrogen and oxygen atoms in total. The van der Waals surface area contributed by atoms with Crippen LogP contribution in [0.25, 0.3) is 0 Å². The van der Waals surface area contributed by atoms with Crippen LogP contribution < -0.4 is 10.1 Å². The number of carbonyl (C=O) groups excluding carboxylic acids is 1. The lowest BCUT2D eigenvalue weighted by molar-refractivity contribution is 0.102. The second-order valence-corrected chi connectivity index (χ2v) is 10.5. The van der Waals surface area contributed by atoms with Crippen molar-refractivity contribution in [1.82, 2.24) is 0 Å². The van der Waals surface area contributed by atoms with Gasteiger partial charge in [0.25, 0.3) is 5.91 Å². The monoisotopic (exact) mass is 534 g/mol. The van der Waals surface area contributed by atoms with Crippen LogP contribution in [0.3, 0.4) is 0 Å². The van der Waals surface area contributed by atoms with E-state index in [0.717, 1.165) is 53.1 Å². The molecule has 0 atom stereocenters. The predicted molar refractivity (Wildman–Crippen MR) is 150 cm³/mol. The van der Waals surface area contributed by atoms with E-state index < -0.39 is 0 Å². The van der Waals surface area contributed by atoms with Gasteiger partial charge >= 0.3 is 0 Å². The van der Waals surface area contributed by atoms with Crippen molar-refractivity contribution in [1.29, 1.82) is 0 Å². The van der Waals surface area contributed by atoms with Gasteiger partial charge in [-0.1, -0.05) is 59.6 Å². The lowest BCUT2D eigenvalue weighted by atomic mass is 9.95. The van der Waals surface area contributed by atoms with Gasteiger partial charge in [0.05, 0.1) is 5.56 Å². The maximum Gasteiger partial charge on any atom is 0.259 e. The number of thiophene rings is 1. The Balaban J connectivity index is 1.41. The first-order valence-corrected chi connectivity index (χ1v) is 13.4. The summed E-state index contributed by atoms with van der Waals surface area (Å²) in [5.74, 6) is 0.568. The summed E-state index contributed by atoms with van der Waals surface area (Å²) in [5, 5.41) is 4.91. The lowest BCUT2D eigenvalue weighted by Gasteiger charge is -2.13. The minimum atomic E-state index is -0.116. The van der Waals surface area contributed by atoms with E-state index in [2.05, 4.69) is 5.32 Å². The largest absolute Gasteiger partial charge is 0.488 e. The number of para-hydroxylation sites is 2. The van der Waals surface area contributed by atoms with Crippen LogP contribution in [0.4, 0.5) is 10.7 Å². The van der Waals surface area contributed by atoms with Gasteiger partial charge in [-0.15, -0.1) is 11.3 Å². The van der Waals surface area contributed by atoms with Crippen molar-refractivity contribution in [2.24, 2.45) is 4.99 Å². The highest BCUT2D eigenvalue weighted by molar-refractivity contribution is 7.16. The fraction of sp³-hybridized carbons (Fsp3) is 0.172. The topological polar surface area (TPSA) is 50.7 Å². The zero-order valence-electron chi connectivity index (χ0n) is 19.5. The Kier molecular flexibility index (Phi) is 7.71.